The lowest BCUT2D eigenvalue weighted by molar-refractivity contribution is -0.141. The van der Waals surface area contributed by atoms with Crippen LogP contribution in [-0.2, 0) is 14.3 Å². The Morgan fingerprint density at radius 2 is 1.79 bits per heavy atom. The second-order valence-corrected chi connectivity index (χ2v) is 15.1. The van der Waals surface area contributed by atoms with E-state index in [2.05, 4.69) is 15.5 Å². The zero-order valence-electron chi connectivity index (χ0n) is 29.1. The van der Waals surface area contributed by atoms with Crippen LogP contribution in [0, 0.1) is 12.8 Å². The second-order valence-electron chi connectivity index (χ2n) is 14.3. The summed E-state index contributed by atoms with van der Waals surface area (Å²) in [5.41, 5.74) is 4.23. The molecule has 1 aromatic carbocycles. The summed E-state index contributed by atoms with van der Waals surface area (Å²) in [5, 5.41) is 18.0. The molecule has 5 atom stereocenters. The SMILES string of the molecule is Cc1ncsc1-c1ccc([C@H](C)NC(=O)[C@@H]2C[C@@H](O)CN2C(=O)[C@@H](c2cc(N3CCN(C(=O)OC(C)(C)C)[C@H](C)C3)no2)C(C)C)cc1. The maximum Gasteiger partial charge on any atom is 0.410 e. The Bertz CT molecular complexity index is 1600. The summed E-state index contributed by atoms with van der Waals surface area (Å²) in [6.07, 6.45) is -1.01. The van der Waals surface area contributed by atoms with Gasteiger partial charge in [-0.25, -0.2) is 9.78 Å². The number of nitrogens with one attached hydrogen (secondary N) is 1. The minimum Gasteiger partial charge on any atom is -0.444 e. The molecule has 2 fully saturated rings. The molecule has 0 saturated carbocycles. The first kappa shape index (κ1) is 35.3. The van der Waals surface area contributed by atoms with Crippen molar-refractivity contribution in [1.29, 1.82) is 0 Å². The van der Waals surface area contributed by atoms with Gasteiger partial charge in [0.1, 0.15) is 17.6 Å². The number of benzene rings is 1. The molecular weight excluding hydrogens is 632 g/mol. The monoisotopic (exact) mass is 680 g/mol. The Morgan fingerprint density at radius 3 is 2.40 bits per heavy atom. The average molecular weight is 681 g/mol. The molecule has 2 N–H and O–H groups in total. The van der Waals surface area contributed by atoms with Crippen LogP contribution in [0.5, 0.6) is 0 Å². The number of nitrogens with zero attached hydrogens (tertiary/aromatic N) is 5. The normalized spacial score (nSPS) is 21.4. The third kappa shape index (κ3) is 7.84. The molecule has 0 unspecified atom stereocenters. The Morgan fingerprint density at radius 1 is 1.08 bits per heavy atom. The minimum atomic E-state index is -0.820. The maximum atomic E-state index is 14.1. The molecule has 2 saturated heterocycles. The third-order valence-corrected chi connectivity index (χ3v) is 9.95. The highest BCUT2D eigenvalue weighted by atomic mass is 32.1. The second kappa shape index (κ2) is 14.3. The van der Waals surface area contributed by atoms with Gasteiger partial charge in [-0.3, -0.25) is 9.59 Å². The van der Waals surface area contributed by atoms with Gasteiger partial charge < -0.3 is 34.4 Å². The number of hydrogen-bond acceptors (Lipinski definition) is 10. The Kier molecular flexibility index (Phi) is 10.5. The molecular formula is C35H48N6O6S. The molecule has 4 heterocycles. The molecule has 2 aromatic heterocycles. The van der Waals surface area contributed by atoms with Gasteiger partial charge in [0.25, 0.3) is 0 Å². The number of thiazole rings is 1. The highest BCUT2D eigenvalue weighted by molar-refractivity contribution is 7.13. The van der Waals surface area contributed by atoms with Gasteiger partial charge in [-0.15, -0.1) is 11.3 Å². The third-order valence-electron chi connectivity index (χ3n) is 8.98. The molecule has 13 heteroatoms. The number of aromatic nitrogens is 2. The number of likely N-dealkylation sites (tertiary alicyclic amines) is 1. The molecule has 3 amide bonds. The lowest BCUT2D eigenvalue weighted by atomic mass is 9.91. The number of aliphatic hydroxyl groups excluding tert-OH is 1. The molecule has 48 heavy (non-hydrogen) atoms. The van der Waals surface area contributed by atoms with E-state index in [0.717, 1.165) is 21.7 Å². The number of carbonyl (C=O) groups is 3. The predicted octanol–water partition coefficient (Wildman–Crippen LogP) is 5.13. The summed E-state index contributed by atoms with van der Waals surface area (Å²) in [4.78, 5) is 51.1. The number of aliphatic hydroxyl groups is 1. The molecule has 2 aliphatic heterocycles. The number of aryl methyl sites for hydroxylation is 1. The van der Waals surface area contributed by atoms with E-state index in [9.17, 15) is 19.5 Å². The van der Waals surface area contributed by atoms with Gasteiger partial charge in [0.2, 0.25) is 11.8 Å². The van der Waals surface area contributed by atoms with Crippen molar-refractivity contribution in [2.24, 2.45) is 5.92 Å². The summed E-state index contributed by atoms with van der Waals surface area (Å²) in [7, 11) is 0. The standard InChI is InChI=1S/C35H48N6O6S/c1-20(2)30(28-16-29(38-47-28)39-13-14-40(21(3)17-39)34(45)46-35(6,7)8)33(44)41-18-26(42)15-27(41)32(43)37-22(4)24-9-11-25(12-10-24)31-23(5)36-19-48-31/h9-12,16,19-22,26-27,30,42H,13-15,17-18H2,1-8H3,(H,37,43)/t21-,22+,26-,27+,30-/m1/s1. The lowest BCUT2D eigenvalue weighted by Crippen LogP contribution is -2.55. The van der Waals surface area contributed by atoms with Crippen LogP contribution < -0.4 is 10.2 Å². The van der Waals surface area contributed by atoms with Gasteiger partial charge >= 0.3 is 6.09 Å². The Balaban J connectivity index is 1.25. The summed E-state index contributed by atoms with van der Waals surface area (Å²) in [6.45, 7) is 16.8. The number of amides is 3. The Hall–Kier alpha value is -3.97. The van der Waals surface area contributed by atoms with Crippen LogP contribution in [0.15, 0.2) is 40.4 Å². The van der Waals surface area contributed by atoms with Crippen molar-refractivity contribution in [3.63, 3.8) is 0 Å². The molecule has 0 radical (unpaired) electrons. The van der Waals surface area contributed by atoms with Crippen molar-refractivity contribution in [2.75, 3.05) is 31.1 Å². The van der Waals surface area contributed by atoms with E-state index in [1.165, 1.54) is 4.90 Å². The summed E-state index contributed by atoms with van der Waals surface area (Å²) in [5.74, 6) is -0.482. The van der Waals surface area contributed by atoms with Crippen LogP contribution in [-0.4, -0.2) is 92.9 Å². The number of piperazine rings is 1. The molecule has 12 nitrogen and oxygen atoms in total. The number of ether oxygens (including phenoxy) is 1. The highest BCUT2D eigenvalue weighted by Gasteiger charge is 2.44. The quantitative estimate of drug-likeness (QED) is 0.331. The van der Waals surface area contributed by atoms with Crippen LogP contribution in [0.25, 0.3) is 10.4 Å². The minimum absolute atomic E-state index is 0.0581. The summed E-state index contributed by atoms with van der Waals surface area (Å²) in [6, 6.07) is 8.55. The first-order chi connectivity index (χ1) is 22.6. The molecule has 0 aliphatic carbocycles. The van der Waals surface area contributed by atoms with Crippen LogP contribution in [0.2, 0.25) is 0 Å². The fourth-order valence-electron chi connectivity index (χ4n) is 6.45. The molecule has 5 rings (SSSR count). The highest BCUT2D eigenvalue weighted by Crippen LogP contribution is 2.34. The number of carbonyl (C=O) groups excluding carboxylic acids is 3. The smallest absolute Gasteiger partial charge is 0.410 e. The van der Waals surface area contributed by atoms with E-state index in [1.54, 1.807) is 22.3 Å². The zero-order chi connectivity index (χ0) is 34.9. The van der Waals surface area contributed by atoms with E-state index in [1.807, 2.05) is 90.1 Å². The van der Waals surface area contributed by atoms with Crippen molar-refractivity contribution >= 4 is 35.1 Å². The van der Waals surface area contributed by atoms with Gasteiger partial charge in [0.15, 0.2) is 11.6 Å². The molecule has 0 bridgehead atoms. The zero-order valence-corrected chi connectivity index (χ0v) is 29.9. The number of anilines is 1. The molecule has 0 spiro atoms. The van der Waals surface area contributed by atoms with Crippen molar-refractivity contribution < 1.29 is 28.8 Å². The van der Waals surface area contributed by atoms with E-state index < -0.39 is 23.7 Å². The van der Waals surface area contributed by atoms with E-state index in [0.29, 0.717) is 31.2 Å². The van der Waals surface area contributed by atoms with Gasteiger partial charge in [-0.05, 0) is 58.6 Å². The molecule has 260 valence electrons. The first-order valence-electron chi connectivity index (χ1n) is 16.6. The van der Waals surface area contributed by atoms with Gasteiger partial charge in [0.05, 0.1) is 28.2 Å². The number of hydrogen-bond donors (Lipinski definition) is 2. The van der Waals surface area contributed by atoms with Gasteiger partial charge in [0, 0.05) is 44.7 Å². The van der Waals surface area contributed by atoms with E-state index >= 15 is 0 Å². The van der Waals surface area contributed by atoms with E-state index in [4.69, 9.17) is 9.26 Å². The first-order valence-corrected chi connectivity index (χ1v) is 17.5. The topological polar surface area (TPSA) is 141 Å². The lowest BCUT2D eigenvalue weighted by Gasteiger charge is -2.40. The molecule has 2 aliphatic rings. The van der Waals surface area contributed by atoms with Gasteiger partial charge in [-0.1, -0.05) is 43.3 Å². The van der Waals surface area contributed by atoms with Crippen molar-refractivity contribution in [3.8, 4) is 10.4 Å². The largest absolute Gasteiger partial charge is 0.444 e. The van der Waals surface area contributed by atoms with Crippen molar-refractivity contribution in [1.82, 2.24) is 25.3 Å². The molecule has 3 aromatic rings. The fraction of sp³-hybridized carbons (Fsp3) is 0.571. The number of β-amino-alcohol motifs (C(OH)–C–C–N with tert-alkyl or cyclic N) is 1. The summed E-state index contributed by atoms with van der Waals surface area (Å²) >= 11 is 1.59. The van der Waals surface area contributed by atoms with Crippen molar-refractivity contribution in [3.05, 3.63) is 52.9 Å². The van der Waals surface area contributed by atoms with Crippen LogP contribution in [0.1, 0.15) is 83.9 Å². The maximum absolute atomic E-state index is 14.1. The summed E-state index contributed by atoms with van der Waals surface area (Å²) < 4.78 is 11.3. The van der Waals surface area contributed by atoms with Gasteiger partial charge in [-0.2, -0.15) is 0 Å². The van der Waals surface area contributed by atoms with E-state index in [-0.39, 0.29) is 48.9 Å². The van der Waals surface area contributed by atoms with Crippen LogP contribution in [0.4, 0.5) is 10.6 Å². The number of rotatable bonds is 8. The van der Waals surface area contributed by atoms with Crippen LogP contribution in [0.3, 0.4) is 0 Å². The van der Waals surface area contributed by atoms with Crippen molar-refractivity contribution in [2.45, 2.75) is 97.6 Å². The predicted molar refractivity (Wildman–Crippen MR) is 184 cm³/mol. The Labute approximate surface area is 286 Å². The fourth-order valence-corrected chi connectivity index (χ4v) is 7.26. The van der Waals surface area contributed by atoms with Crippen LogP contribution >= 0.6 is 11.3 Å². The average Bonchev–Trinajstić information content (AvgIpc) is 3.76.